The van der Waals surface area contributed by atoms with Crippen LogP contribution in [0.4, 0.5) is 0 Å². The number of pyridine rings is 1. The minimum absolute atomic E-state index is 0.0404. The summed E-state index contributed by atoms with van der Waals surface area (Å²) in [5, 5.41) is 12.6. The van der Waals surface area contributed by atoms with Crippen LogP contribution in [0, 0.1) is 0 Å². The van der Waals surface area contributed by atoms with E-state index in [-0.39, 0.29) is 5.56 Å². The fraction of sp³-hybridized carbons (Fsp3) is 0.316. The number of para-hydroxylation sites is 1. The van der Waals surface area contributed by atoms with Gasteiger partial charge in [-0.1, -0.05) is 25.1 Å². The van der Waals surface area contributed by atoms with Crippen LogP contribution in [0.2, 0.25) is 0 Å². The molecule has 0 bridgehead atoms. The van der Waals surface area contributed by atoms with Crippen LogP contribution in [-0.4, -0.2) is 16.8 Å². The zero-order chi connectivity index (χ0) is 16.6. The maximum Gasteiger partial charge on any atom is 0.259 e. The Bertz CT molecular complexity index is 925. The highest BCUT2D eigenvalue weighted by Crippen LogP contribution is 2.30. The van der Waals surface area contributed by atoms with Crippen LogP contribution in [0.1, 0.15) is 31.9 Å². The van der Waals surface area contributed by atoms with Crippen LogP contribution in [0.3, 0.4) is 0 Å². The molecule has 1 atom stereocenters. The summed E-state index contributed by atoms with van der Waals surface area (Å²) >= 11 is 0. The Hall–Kier alpha value is -2.33. The molecule has 4 nitrogen and oxygen atoms in total. The number of aliphatic hydroxyl groups is 1. The van der Waals surface area contributed by atoms with Crippen LogP contribution in [0.5, 0.6) is 5.75 Å². The summed E-state index contributed by atoms with van der Waals surface area (Å²) in [4.78, 5) is 13.0. The molecule has 0 aliphatic carbocycles. The Kier molecular flexibility index (Phi) is 4.09. The fourth-order valence-electron chi connectivity index (χ4n) is 3.16. The number of aromatic nitrogens is 1. The monoisotopic (exact) mass is 311 g/mol. The Labute approximate surface area is 134 Å². The van der Waals surface area contributed by atoms with E-state index >= 15 is 0 Å². The van der Waals surface area contributed by atoms with Gasteiger partial charge >= 0.3 is 0 Å². The summed E-state index contributed by atoms with van der Waals surface area (Å²) in [6.07, 6.45) is 0.218. The van der Waals surface area contributed by atoms with Crippen molar-refractivity contribution in [1.29, 1.82) is 0 Å². The molecule has 1 N–H and O–H groups in total. The first kappa shape index (κ1) is 15.6. The highest BCUT2D eigenvalue weighted by molar-refractivity contribution is 6.07. The SMILES string of the molecule is CCCn1c(=O)c2cc(OC)ccc2c2cccc(C(C)O)c21. The van der Waals surface area contributed by atoms with Crippen LogP contribution >= 0.6 is 0 Å². The molecule has 120 valence electrons. The summed E-state index contributed by atoms with van der Waals surface area (Å²) in [5.41, 5.74) is 1.57. The van der Waals surface area contributed by atoms with E-state index in [2.05, 4.69) is 0 Å². The van der Waals surface area contributed by atoms with E-state index in [9.17, 15) is 9.90 Å². The van der Waals surface area contributed by atoms with Gasteiger partial charge in [-0.2, -0.15) is 0 Å². The molecule has 23 heavy (non-hydrogen) atoms. The summed E-state index contributed by atoms with van der Waals surface area (Å²) in [7, 11) is 1.60. The maximum atomic E-state index is 13.0. The van der Waals surface area contributed by atoms with E-state index < -0.39 is 6.10 Å². The van der Waals surface area contributed by atoms with Gasteiger partial charge in [-0.15, -0.1) is 0 Å². The van der Waals surface area contributed by atoms with Crippen molar-refractivity contribution < 1.29 is 9.84 Å². The van der Waals surface area contributed by atoms with E-state index in [0.717, 1.165) is 28.3 Å². The quantitative estimate of drug-likeness (QED) is 0.749. The van der Waals surface area contributed by atoms with E-state index in [1.807, 2.05) is 37.3 Å². The second-order valence-corrected chi connectivity index (χ2v) is 5.79. The molecule has 0 saturated heterocycles. The minimum atomic E-state index is -0.628. The lowest BCUT2D eigenvalue weighted by atomic mass is 10.00. The molecule has 0 saturated carbocycles. The molecule has 1 unspecified atom stereocenters. The predicted molar refractivity (Wildman–Crippen MR) is 93.2 cm³/mol. The number of benzene rings is 2. The van der Waals surface area contributed by atoms with E-state index in [0.29, 0.717) is 17.7 Å². The molecular weight excluding hydrogens is 290 g/mol. The molecule has 0 spiro atoms. The van der Waals surface area contributed by atoms with Crippen LogP contribution < -0.4 is 10.3 Å². The van der Waals surface area contributed by atoms with Gasteiger partial charge in [-0.05, 0) is 36.9 Å². The van der Waals surface area contributed by atoms with Crippen LogP contribution in [0.25, 0.3) is 21.7 Å². The zero-order valence-corrected chi connectivity index (χ0v) is 13.7. The second-order valence-electron chi connectivity index (χ2n) is 5.79. The molecule has 1 aromatic heterocycles. The Morgan fingerprint density at radius 3 is 2.61 bits per heavy atom. The first-order chi connectivity index (χ1) is 11.1. The van der Waals surface area contributed by atoms with Crippen molar-refractivity contribution in [1.82, 2.24) is 4.57 Å². The van der Waals surface area contributed by atoms with Gasteiger partial charge in [0.2, 0.25) is 0 Å². The molecule has 0 aliphatic rings. The summed E-state index contributed by atoms with van der Waals surface area (Å²) in [5.74, 6) is 0.670. The lowest BCUT2D eigenvalue weighted by molar-refractivity contribution is 0.200. The van der Waals surface area contributed by atoms with Crippen molar-refractivity contribution in [3.8, 4) is 5.75 Å². The third-order valence-corrected chi connectivity index (χ3v) is 4.23. The lowest BCUT2D eigenvalue weighted by Gasteiger charge is -2.17. The number of fused-ring (bicyclic) bond motifs is 3. The van der Waals surface area contributed by atoms with Crippen molar-refractivity contribution in [2.75, 3.05) is 7.11 Å². The highest BCUT2D eigenvalue weighted by Gasteiger charge is 2.16. The summed E-state index contributed by atoms with van der Waals surface area (Å²) < 4.78 is 7.04. The maximum absolute atomic E-state index is 13.0. The van der Waals surface area contributed by atoms with E-state index in [4.69, 9.17) is 4.74 Å². The van der Waals surface area contributed by atoms with Gasteiger partial charge in [0.25, 0.3) is 5.56 Å². The largest absolute Gasteiger partial charge is 0.497 e. The summed E-state index contributed by atoms with van der Waals surface area (Å²) in [6.45, 7) is 4.39. The number of aliphatic hydroxyl groups excluding tert-OH is 1. The number of hydrogen-bond donors (Lipinski definition) is 1. The Morgan fingerprint density at radius 1 is 1.17 bits per heavy atom. The molecule has 0 fully saturated rings. The zero-order valence-electron chi connectivity index (χ0n) is 13.7. The van der Waals surface area contributed by atoms with Crippen molar-refractivity contribution in [3.63, 3.8) is 0 Å². The summed E-state index contributed by atoms with van der Waals surface area (Å²) in [6, 6.07) is 11.4. The molecule has 3 rings (SSSR count). The Morgan fingerprint density at radius 2 is 1.96 bits per heavy atom. The average molecular weight is 311 g/mol. The van der Waals surface area contributed by atoms with Gasteiger partial charge in [-0.3, -0.25) is 4.79 Å². The van der Waals surface area contributed by atoms with E-state index in [1.165, 1.54) is 0 Å². The van der Waals surface area contributed by atoms with Crippen LogP contribution in [0.15, 0.2) is 41.2 Å². The number of methoxy groups -OCH3 is 1. The molecule has 4 heteroatoms. The highest BCUT2D eigenvalue weighted by atomic mass is 16.5. The number of aryl methyl sites for hydroxylation is 1. The number of nitrogens with zero attached hydrogens (tertiary/aromatic N) is 1. The van der Waals surface area contributed by atoms with Gasteiger partial charge in [0.15, 0.2) is 0 Å². The molecular formula is C19H21NO3. The molecule has 1 heterocycles. The molecule has 0 radical (unpaired) electrons. The van der Waals surface area contributed by atoms with Gasteiger partial charge in [0.05, 0.1) is 24.1 Å². The lowest BCUT2D eigenvalue weighted by Crippen LogP contribution is -2.22. The van der Waals surface area contributed by atoms with Crippen molar-refractivity contribution in [3.05, 3.63) is 52.3 Å². The number of rotatable bonds is 4. The molecule has 0 aliphatic heterocycles. The number of ether oxygens (including phenoxy) is 1. The fourth-order valence-corrected chi connectivity index (χ4v) is 3.16. The molecule has 2 aromatic carbocycles. The van der Waals surface area contributed by atoms with Crippen molar-refractivity contribution in [2.24, 2.45) is 0 Å². The topological polar surface area (TPSA) is 51.5 Å². The first-order valence-electron chi connectivity index (χ1n) is 7.89. The number of hydrogen-bond acceptors (Lipinski definition) is 3. The minimum Gasteiger partial charge on any atom is -0.497 e. The normalized spacial score (nSPS) is 12.7. The third kappa shape index (κ3) is 2.49. The van der Waals surface area contributed by atoms with E-state index in [1.54, 1.807) is 24.7 Å². The first-order valence-corrected chi connectivity index (χ1v) is 7.89. The standard InChI is InChI=1S/C19H21NO3/c1-4-10-20-18-14(12(2)21)6-5-7-16(18)15-9-8-13(23-3)11-17(15)19(20)22/h5-9,11-12,21H,4,10H2,1-3H3. The van der Waals surface area contributed by atoms with Crippen LogP contribution in [-0.2, 0) is 6.54 Å². The van der Waals surface area contributed by atoms with Gasteiger partial charge < -0.3 is 14.4 Å². The molecule has 3 aromatic rings. The third-order valence-electron chi connectivity index (χ3n) is 4.23. The van der Waals surface area contributed by atoms with Gasteiger partial charge in [-0.25, -0.2) is 0 Å². The average Bonchev–Trinajstić information content (AvgIpc) is 2.57. The second kappa shape index (κ2) is 6.05. The predicted octanol–water partition coefficient (Wildman–Crippen LogP) is 3.63. The smallest absolute Gasteiger partial charge is 0.259 e. The van der Waals surface area contributed by atoms with Crippen molar-refractivity contribution in [2.45, 2.75) is 32.9 Å². The van der Waals surface area contributed by atoms with Gasteiger partial charge in [0.1, 0.15) is 5.75 Å². The Balaban J connectivity index is 2.55. The molecule has 0 amide bonds. The van der Waals surface area contributed by atoms with Crippen molar-refractivity contribution >= 4 is 21.7 Å². The van der Waals surface area contributed by atoms with Gasteiger partial charge in [0, 0.05) is 17.5 Å².